The summed E-state index contributed by atoms with van der Waals surface area (Å²) >= 11 is 0. The molecule has 1 aliphatic heterocycles. The quantitative estimate of drug-likeness (QED) is 0.815. The van der Waals surface area contributed by atoms with Crippen molar-refractivity contribution in [3.63, 3.8) is 0 Å². The molecule has 2 N–H and O–H groups in total. The Labute approximate surface area is 114 Å². The van der Waals surface area contributed by atoms with Gasteiger partial charge in [-0.3, -0.25) is 4.79 Å². The maximum absolute atomic E-state index is 12.4. The number of carbonyl (C=O) groups excluding carboxylic acids is 1. The predicted molar refractivity (Wildman–Crippen MR) is 74.0 cm³/mol. The fourth-order valence-corrected chi connectivity index (χ4v) is 2.55. The number of aryl methyl sites for hydroxylation is 1. The first-order chi connectivity index (χ1) is 8.79. The number of carbonyl (C=O) groups is 1. The molecule has 4 nitrogen and oxygen atoms in total. The summed E-state index contributed by atoms with van der Waals surface area (Å²) in [6, 6.07) is 5.30. The maximum Gasteiger partial charge on any atom is 0.244 e. The van der Waals surface area contributed by atoms with Crippen LogP contribution in [0.25, 0.3) is 0 Å². The van der Waals surface area contributed by atoms with Crippen LogP contribution < -0.4 is 5.32 Å². The van der Waals surface area contributed by atoms with Gasteiger partial charge in [0.2, 0.25) is 5.91 Å². The molecule has 0 aliphatic carbocycles. The number of rotatable bonds is 1. The van der Waals surface area contributed by atoms with Crippen molar-refractivity contribution in [3.05, 3.63) is 34.9 Å². The van der Waals surface area contributed by atoms with Gasteiger partial charge in [-0.15, -0.1) is 0 Å². The van der Waals surface area contributed by atoms with Gasteiger partial charge in [-0.2, -0.15) is 5.06 Å². The van der Waals surface area contributed by atoms with E-state index in [2.05, 4.69) is 5.32 Å². The van der Waals surface area contributed by atoms with Crippen molar-refractivity contribution >= 4 is 5.91 Å². The van der Waals surface area contributed by atoms with Crippen molar-refractivity contribution in [2.24, 2.45) is 0 Å². The first-order valence-electron chi connectivity index (χ1n) is 6.65. The van der Waals surface area contributed by atoms with Crippen LogP contribution in [-0.4, -0.2) is 28.3 Å². The lowest BCUT2D eigenvalue weighted by atomic mass is 9.90. The number of amides is 1. The summed E-state index contributed by atoms with van der Waals surface area (Å²) in [5, 5.41) is 14.1. The Bertz CT molecular complexity index is 491. The van der Waals surface area contributed by atoms with E-state index < -0.39 is 6.04 Å². The van der Waals surface area contributed by atoms with Gasteiger partial charge < -0.3 is 10.5 Å². The highest BCUT2D eigenvalue weighted by molar-refractivity contribution is 5.84. The largest absolute Gasteiger partial charge is 0.350 e. The molecule has 1 aliphatic rings. The molecule has 1 atom stereocenters. The Morgan fingerprint density at radius 2 is 2.11 bits per heavy atom. The molecule has 2 rings (SSSR count). The number of hydrogen-bond acceptors (Lipinski definition) is 3. The summed E-state index contributed by atoms with van der Waals surface area (Å²) in [5.41, 5.74) is 2.97. The van der Waals surface area contributed by atoms with Gasteiger partial charge in [-0.1, -0.05) is 18.2 Å². The van der Waals surface area contributed by atoms with Crippen LogP contribution in [-0.2, 0) is 11.2 Å². The van der Waals surface area contributed by atoms with Crippen LogP contribution in [0.4, 0.5) is 0 Å². The zero-order chi connectivity index (χ0) is 14.2. The van der Waals surface area contributed by atoms with Gasteiger partial charge in [0.25, 0.3) is 0 Å². The molecule has 0 fully saturated rings. The molecule has 0 saturated heterocycles. The highest BCUT2D eigenvalue weighted by Gasteiger charge is 2.34. The Kier molecular flexibility index (Phi) is 3.65. The zero-order valence-corrected chi connectivity index (χ0v) is 12.0. The summed E-state index contributed by atoms with van der Waals surface area (Å²) < 4.78 is 0. The van der Waals surface area contributed by atoms with E-state index in [4.69, 9.17) is 0 Å². The van der Waals surface area contributed by atoms with E-state index in [0.717, 1.165) is 17.0 Å². The molecule has 0 bridgehead atoms. The van der Waals surface area contributed by atoms with Crippen molar-refractivity contribution < 1.29 is 10.0 Å². The Morgan fingerprint density at radius 3 is 2.74 bits per heavy atom. The summed E-state index contributed by atoms with van der Waals surface area (Å²) in [6.45, 7) is 8.34. The second-order valence-corrected chi connectivity index (χ2v) is 6.20. The van der Waals surface area contributed by atoms with E-state index in [0.29, 0.717) is 6.54 Å². The maximum atomic E-state index is 12.4. The van der Waals surface area contributed by atoms with E-state index in [-0.39, 0.29) is 11.4 Å². The first-order valence-corrected chi connectivity index (χ1v) is 6.65. The topological polar surface area (TPSA) is 52.6 Å². The fraction of sp³-hybridized carbons (Fsp3) is 0.533. The fourth-order valence-electron chi connectivity index (χ4n) is 2.55. The number of fused-ring (bicyclic) bond motifs is 1. The summed E-state index contributed by atoms with van der Waals surface area (Å²) in [6.07, 6.45) is 0.776. The third-order valence-corrected chi connectivity index (χ3v) is 3.38. The van der Waals surface area contributed by atoms with Crippen molar-refractivity contribution in [1.29, 1.82) is 0 Å². The molecule has 1 amide bonds. The van der Waals surface area contributed by atoms with E-state index >= 15 is 0 Å². The van der Waals surface area contributed by atoms with Gasteiger partial charge in [-0.25, -0.2) is 0 Å². The smallest absolute Gasteiger partial charge is 0.244 e. The van der Waals surface area contributed by atoms with Crippen LogP contribution in [0.5, 0.6) is 0 Å². The van der Waals surface area contributed by atoms with Crippen LogP contribution in [0.1, 0.15) is 43.5 Å². The minimum Gasteiger partial charge on any atom is -0.350 e. The van der Waals surface area contributed by atoms with Crippen molar-refractivity contribution in [2.75, 3.05) is 6.54 Å². The van der Waals surface area contributed by atoms with Gasteiger partial charge >= 0.3 is 0 Å². The molecule has 104 valence electrons. The average molecular weight is 262 g/mol. The number of nitrogens with one attached hydrogen (secondary N) is 1. The van der Waals surface area contributed by atoms with E-state index in [1.807, 2.05) is 45.9 Å². The third-order valence-electron chi connectivity index (χ3n) is 3.38. The first kappa shape index (κ1) is 14.0. The lowest BCUT2D eigenvalue weighted by Gasteiger charge is -2.34. The normalized spacial score (nSPS) is 19.9. The van der Waals surface area contributed by atoms with Crippen molar-refractivity contribution in [1.82, 2.24) is 10.4 Å². The minimum atomic E-state index is -0.608. The molecule has 4 heteroatoms. The van der Waals surface area contributed by atoms with Crippen LogP contribution in [0.15, 0.2) is 18.2 Å². The van der Waals surface area contributed by atoms with Crippen molar-refractivity contribution in [2.45, 2.75) is 45.7 Å². The van der Waals surface area contributed by atoms with Crippen LogP contribution in [0.2, 0.25) is 0 Å². The highest BCUT2D eigenvalue weighted by atomic mass is 16.5. The molecule has 0 aromatic heterocycles. The van der Waals surface area contributed by atoms with Gasteiger partial charge in [-0.05, 0) is 50.8 Å². The monoisotopic (exact) mass is 262 g/mol. The second kappa shape index (κ2) is 4.94. The van der Waals surface area contributed by atoms with Gasteiger partial charge in [0.15, 0.2) is 0 Å². The van der Waals surface area contributed by atoms with Gasteiger partial charge in [0, 0.05) is 12.1 Å². The summed E-state index contributed by atoms with van der Waals surface area (Å²) in [5.74, 6) is -0.151. The zero-order valence-electron chi connectivity index (χ0n) is 12.0. The number of hydrogen-bond donors (Lipinski definition) is 2. The Morgan fingerprint density at radius 1 is 1.42 bits per heavy atom. The van der Waals surface area contributed by atoms with Crippen molar-refractivity contribution in [3.8, 4) is 0 Å². The summed E-state index contributed by atoms with van der Waals surface area (Å²) in [4.78, 5) is 12.4. The number of nitrogens with zero attached hydrogens (tertiary/aromatic N) is 1. The molecule has 1 heterocycles. The lowest BCUT2D eigenvalue weighted by Crippen LogP contribution is -2.49. The SMILES string of the molecule is Cc1cccc2c1CCN(O)C2C(=O)NC(C)(C)C. The second-order valence-electron chi connectivity index (χ2n) is 6.20. The molecule has 1 aromatic carbocycles. The summed E-state index contributed by atoms with van der Waals surface area (Å²) in [7, 11) is 0. The molecule has 1 unspecified atom stereocenters. The number of benzene rings is 1. The minimum absolute atomic E-state index is 0.151. The number of hydroxylamine groups is 2. The molecule has 19 heavy (non-hydrogen) atoms. The average Bonchev–Trinajstić information content (AvgIpc) is 2.26. The highest BCUT2D eigenvalue weighted by Crippen LogP contribution is 2.30. The Hall–Kier alpha value is -1.39. The molecule has 1 aromatic rings. The molecule has 0 radical (unpaired) electrons. The lowest BCUT2D eigenvalue weighted by molar-refractivity contribution is -0.160. The standard InChI is InChI=1S/C15H22N2O2/c1-10-6-5-7-12-11(10)8-9-17(19)13(12)14(18)16-15(2,3)4/h5-7,13,19H,8-9H2,1-4H3,(H,16,18). The van der Waals surface area contributed by atoms with E-state index in [1.54, 1.807) is 0 Å². The van der Waals surface area contributed by atoms with Gasteiger partial charge in [0.05, 0.1) is 0 Å². The van der Waals surface area contributed by atoms with Crippen LogP contribution in [0, 0.1) is 6.92 Å². The molecular formula is C15H22N2O2. The molecular weight excluding hydrogens is 240 g/mol. The van der Waals surface area contributed by atoms with Crippen LogP contribution >= 0.6 is 0 Å². The molecule has 0 spiro atoms. The van der Waals surface area contributed by atoms with E-state index in [9.17, 15) is 10.0 Å². The van der Waals surface area contributed by atoms with Gasteiger partial charge in [0.1, 0.15) is 6.04 Å². The molecule has 0 saturated carbocycles. The predicted octanol–water partition coefficient (Wildman–Crippen LogP) is 2.20. The third kappa shape index (κ3) is 2.96. The van der Waals surface area contributed by atoms with Crippen LogP contribution in [0.3, 0.4) is 0 Å². The Balaban J connectivity index is 2.36. The van der Waals surface area contributed by atoms with E-state index in [1.165, 1.54) is 11.1 Å².